The molecule has 1 unspecified atom stereocenters. The summed E-state index contributed by atoms with van der Waals surface area (Å²) in [5, 5.41) is 2.66. The molecule has 0 aromatic carbocycles. The van der Waals surface area contributed by atoms with Gasteiger partial charge in [-0.05, 0) is 13.3 Å². The van der Waals surface area contributed by atoms with Crippen LogP contribution in [0.25, 0.3) is 0 Å². The predicted molar refractivity (Wildman–Crippen MR) is 44.0 cm³/mol. The lowest BCUT2D eigenvalue weighted by molar-refractivity contribution is -0.121. The quantitative estimate of drug-likeness (QED) is 0.489. The molecule has 0 aliphatic rings. The fraction of sp³-hybridized carbons (Fsp3) is 0.625. The number of carbonyl (C=O) groups is 1. The highest BCUT2D eigenvalue weighted by Gasteiger charge is 2.07. The summed E-state index contributed by atoms with van der Waals surface area (Å²) in [6.07, 6.45) is 0.564. The lowest BCUT2D eigenvalue weighted by atomic mass is 10.3. The van der Waals surface area contributed by atoms with Gasteiger partial charge in [0.25, 0.3) is 0 Å². The van der Waals surface area contributed by atoms with E-state index in [1.165, 1.54) is 0 Å². The molecule has 0 saturated carbocycles. The van der Waals surface area contributed by atoms with Crippen LogP contribution in [0.1, 0.15) is 20.3 Å². The summed E-state index contributed by atoms with van der Waals surface area (Å²) in [6, 6.07) is 0. The number of rotatable bonds is 4. The topological polar surface area (TPSA) is 38.3 Å². The lowest BCUT2D eigenvalue weighted by Gasteiger charge is -2.14. The first-order valence-electron chi connectivity index (χ1n) is 3.61. The maximum atomic E-state index is 11.0. The first kappa shape index (κ1) is 10.2. The number of amides is 1. The van der Waals surface area contributed by atoms with Crippen molar-refractivity contribution in [1.82, 2.24) is 5.32 Å². The van der Waals surface area contributed by atoms with Crippen LogP contribution >= 0.6 is 0 Å². The minimum absolute atomic E-state index is 0.154. The average molecular weight is 157 g/mol. The van der Waals surface area contributed by atoms with Crippen LogP contribution in [0.4, 0.5) is 0 Å². The molecule has 3 nitrogen and oxygen atoms in total. The third kappa shape index (κ3) is 3.78. The zero-order valence-corrected chi connectivity index (χ0v) is 7.31. The Morgan fingerprint density at radius 1 is 1.73 bits per heavy atom. The largest absolute Gasteiger partial charge is 0.362 e. The molecule has 0 radical (unpaired) electrons. The number of methoxy groups -OCH3 is 1. The van der Waals surface area contributed by atoms with Gasteiger partial charge in [-0.1, -0.05) is 13.5 Å². The van der Waals surface area contributed by atoms with E-state index in [0.29, 0.717) is 5.57 Å². The fourth-order valence-corrected chi connectivity index (χ4v) is 0.597. The number of ether oxygens (including phenoxy) is 1. The molecule has 0 spiro atoms. The van der Waals surface area contributed by atoms with E-state index in [0.717, 1.165) is 6.42 Å². The smallest absolute Gasteiger partial charge is 0.248 e. The lowest BCUT2D eigenvalue weighted by Crippen LogP contribution is -2.35. The summed E-state index contributed by atoms with van der Waals surface area (Å²) in [7, 11) is 1.56. The SMILES string of the molecule is C=C(C)C(=O)NC(CC)OC. The van der Waals surface area contributed by atoms with E-state index < -0.39 is 0 Å². The van der Waals surface area contributed by atoms with Crippen LogP contribution in [0.15, 0.2) is 12.2 Å². The summed E-state index contributed by atoms with van der Waals surface area (Å²) >= 11 is 0. The number of hydrogen-bond donors (Lipinski definition) is 1. The van der Waals surface area contributed by atoms with Crippen LogP contribution in [-0.4, -0.2) is 19.2 Å². The maximum Gasteiger partial charge on any atom is 0.248 e. The van der Waals surface area contributed by atoms with Crippen molar-refractivity contribution in [2.24, 2.45) is 0 Å². The molecule has 1 atom stereocenters. The summed E-state index contributed by atoms with van der Waals surface area (Å²) in [5.74, 6) is -0.154. The molecule has 0 fully saturated rings. The summed E-state index contributed by atoms with van der Waals surface area (Å²) < 4.78 is 4.95. The Hall–Kier alpha value is -0.830. The molecule has 0 heterocycles. The van der Waals surface area contributed by atoms with Gasteiger partial charge in [-0.25, -0.2) is 0 Å². The zero-order chi connectivity index (χ0) is 8.85. The Balaban J connectivity index is 3.81. The van der Waals surface area contributed by atoms with Crippen molar-refractivity contribution in [1.29, 1.82) is 0 Å². The van der Waals surface area contributed by atoms with Crippen LogP contribution in [0.2, 0.25) is 0 Å². The average Bonchev–Trinajstić information content (AvgIpc) is 1.99. The molecule has 0 aliphatic heterocycles. The third-order valence-corrected chi connectivity index (χ3v) is 1.34. The van der Waals surface area contributed by atoms with Crippen LogP contribution in [-0.2, 0) is 9.53 Å². The van der Waals surface area contributed by atoms with E-state index in [9.17, 15) is 4.79 Å². The second-order valence-corrected chi connectivity index (χ2v) is 2.39. The van der Waals surface area contributed by atoms with Gasteiger partial charge in [0.1, 0.15) is 6.23 Å². The van der Waals surface area contributed by atoms with Crippen LogP contribution in [0.3, 0.4) is 0 Å². The number of carbonyl (C=O) groups excluding carboxylic acids is 1. The highest BCUT2D eigenvalue weighted by Crippen LogP contribution is 1.93. The Morgan fingerprint density at radius 2 is 2.27 bits per heavy atom. The number of hydrogen-bond acceptors (Lipinski definition) is 2. The molecule has 0 rings (SSSR count). The zero-order valence-electron chi connectivity index (χ0n) is 7.31. The first-order chi connectivity index (χ1) is 5.11. The monoisotopic (exact) mass is 157 g/mol. The van der Waals surface area contributed by atoms with Crippen molar-refractivity contribution in [2.45, 2.75) is 26.5 Å². The van der Waals surface area contributed by atoms with Crippen molar-refractivity contribution in [3.05, 3.63) is 12.2 Å². The van der Waals surface area contributed by atoms with E-state index >= 15 is 0 Å². The third-order valence-electron chi connectivity index (χ3n) is 1.34. The Bertz CT molecular complexity index is 150. The van der Waals surface area contributed by atoms with E-state index in [4.69, 9.17) is 4.74 Å². The molecule has 11 heavy (non-hydrogen) atoms. The molecule has 0 saturated heterocycles. The van der Waals surface area contributed by atoms with Gasteiger partial charge in [0.05, 0.1) is 0 Å². The van der Waals surface area contributed by atoms with Gasteiger partial charge in [-0.15, -0.1) is 0 Å². The van der Waals surface area contributed by atoms with Crippen molar-refractivity contribution in [2.75, 3.05) is 7.11 Å². The summed E-state index contributed by atoms with van der Waals surface area (Å²) in [5.41, 5.74) is 0.500. The summed E-state index contributed by atoms with van der Waals surface area (Å²) in [6.45, 7) is 7.11. The molecule has 3 heteroatoms. The van der Waals surface area contributed by atoms with E-state index in [-0.39, 0.29) is 12.1 Å². The summed E-state index contributed by atoms with van der Waals surface area (Å²) in [4.78, 5) is 11.0. The van der Waals surface area contributed by atoms with Gasteiger partial charge >= 0.3 is 0 Å². The molecular formula is C8H15NO2. The highest BCUT2D eigenvalue weighted by atomic mass is 16.5. The minimum atomic E-state index is -0.195. The van der Waals surface area contributed by atoms with Crippen molar-refractivity contribution in [3.8, 4) is 0 Å². The van der Waals surface area contributed by atoms with Crippen LogP contribution in [0, 0.1) is 0 Å². The highest BCUT2D eigenvalue weighted by molar-refractivity contribution is 5.92. The minimum Gasteiger partial charge on any atom is -0.362 e. The second-order valence-electron chi connectivity index (χ2n) is 2.39. The van der Waals surface area contributed by atoms with Crippen molar-refractivity contribution >= 4 is 5.91 Å². The molecule has 0 aromatic rings. The first-order valence-corrected chi connectivity index (χ1v) is 3.61. The van der Waals surface area contributed by atoms with Crippen molar-refractivity contribution in [3.63, 3.8) is 0 Å². The molecule has 1 amide bonds. The van der Waals surface area contributed by atoms with Crippen molar-refractivity contribution < 1.29 is 9.53 Å². The molecule has 1 N–H and O–H groups in total. The van der Waals surface area contributed by atoms with Gasteiger partial charge in [-0.2, -0.15) is 0 Å². The second kappa shape index (κ2) is 4.91. The van der Waals surface area contributed by atoms with Gasteiger partial charge in [0.2, 0.25) is 5.91 Å². The van der Waals surface area contributed by atoms with Gasteiger partial charge in [-0.3, -0.25) is 4.79 Å². The molecule has 0 aromatic heterocycles. The molecular weight excluding hydrogens is 142 g/mol. The number of nitrogens with one attached hydrogen (secondary N) is 1. The Kier molecular flexibility index (Phi) is 4.54. The van der Waals surface area contributed by atoms with Gasteiger partial charge < -0.3 is 10.1 Å². The fourth-order valence-electron chi connectivity index (χ4n) is 0.597. The van der Waals surface area contributed by atoms with Gasteiger partial charge in [0.15, 0.2) is 0 Å². The molecule has 0 bridgehead atoms. The van der Waals surface area contributed by atoms with E-state index in [1.807, 2.05) is 6.92 Å². The standard InChI is InChI=1S/C8H15NO2/c1-5-7(11-4)9-8(10)6(2)3/h7H,2,5H2,1,3-4H3,(H,9,10). The molecule has 64 valence electrons. The maximum absolute atomic E-state index is 11.0. The van der Waals surface area contributed by atoms with E-state index in [1.54, 1.807) is 14.0 Å². The molecule has 0 aliphatic carbocycles. The van der Waals surface area contributed by atoms with Crippen LogP contribution in [0.5, 0.6) is 0 Å². The van der Waals surface area contributed by atoms with Gasteiger partial charge in [0, 0.05) is 12.7 Å². The Labute approximate surface area is 67.4 Å². The van der Waals surface area contributed by atoms with E-state index in [2.05, 4.69) is 11.9 Å². The van der Waals surface area contributed by atoms with Crippen LogP contribution < -0.4 is 5.32 Å². The normalized spacial score (nSPS) is 12.3. The Morgan fingerprint density at radius 3 is 2.55 bits per heavy atom. The predicted octanol–water partition coefficient (Wildman–Crippen LogP) is 1.06.